The third-order valence-electron chi connectivity index (χ3n) is 5.47. The molecule has 0 atom stereocenters. The molecule has 1 saturated heterocycles. The van der Waals surface area contributed by atoms with E-state index in [9.17, 15) is 4.79 Å². The van der Waals surface area contributed by atoms with Crippen LogP contribution in [-0.2, 0) is 4.79 Å². The summed E-state index contributed by atoms with van der Waals surface area (Å²) in [5, 5.41) is 7.30. The summed E-state index contributed by atoms with van der Waals surface area (Å²) in [4.78, 5) is 31.2. The highest BCUT2D eigenvalue weighted by atomic mass is 32.1. The van der Waals surface area contributed by atoms with Crippen LogP contribution < -0.4 is 15.5 Å². The Morgan fingerprint density at radius 2 is 1.79 bits per heavy atom. The second-order valence-electron chi connectivity index (χ2n) is 8.57. The van der Waals surface area contributed by atoms with E-state index in [-0.39, 0.29) is 11.9 Å². The van der Waals surface area contributed by atoms with Crippen LogP contribution in [-0.4, -0.2) is 64.5 Å². The zero-order valence-electron chi connectivity index (χ0n) is 19.6. The number of rotatable bonds is 7. The van der Waals surface area contributed by atoms with Crippen molar-refractivity contribution >= 4 is 34.6 Å². The van der Waals surface area contributed by atoms with Gasteiger partial charge in [-0.25, -0.2) is 15.0 Å². The van der Waals surface area contributed by atoms with Crippen molar-refractivity contribution in [2.75, 3.05) is 42.9 Å². The summed E-state index contributed by atoms with van der Waals surface area (Å²) in [5.41, 5.74) is 3.99. The zero-order chi connectivity index (χ0) is 23.4. The molecule has 0 bridgehead atoms. The molecule has 0 radical (unpaired) electrons. The Hall–Kier alpha value is -3.04. The minimum absolute atomic E-state index is 0.0980. The summed E-state index contributed by atoms with van der Waals surface area (Å²) < 4.78 is 0. The number of piperazine rings is 1. The molecule has 0 spiro atoms. The standard InChI is InChI=1S/C24H31N7OS/c1-16(2)26-22(32)15-30-11-13-31(14-12-30)20-7-5-19(6-8-20)28-24-25-10-9-21(29-24)23-17(3)27-18(4)33-23/h5-10,16H,11-15H2,1-4H3,(H,26,32)(H,25,28,29). The maximum Gasteiger partial charge on any atom is 0.234 e. The summed E-state index contributed by atoms with van der Waals surface area (Å²) in [6, 6.07) is 10.4. The van der Waals surface area contributed by atoms with Gasteiger partial charge in [0.05, 0.1) is 27.8 Å². The van der Waals surface area contributed by atoms with Gasteiger partial charge in [-0.15, -0.1) is 11.3 Å². The minimum Gasteiger partial charge on any atom is -0.369 e. The van der Waals surface area contributed by atoms with E-state index in [1.165, 1.54) is 5.69 Å². The molecule has 2 N–H and O–H groups in total. The van der Waals surface area contributed by atoms with Gasteiger partial charge in [-0.3, -0.25) is 9.69 Å². The molecule has 1 aromatic carbocycles. The summed E-state index contributed by atoms with van der Waals surface area (Å²) in [6.45, 7) is 12.0. The number of aryl methyl sites for hydroxylation is 2. The molecular formula is C24H31N7OS. The number of hydrogen-bond donors (Lipinski definition) is 2. The van der Waals surface area contributed by atoms with E-state index in [1.54, 1.807) is 17.5 Å². The first-order chi connectivity index (χ1) is 15.9. The molecule has 1 amide bonds. The van der Waals surface area contributed by atoms with Gasteiger partial charge in [0.1, 0.15) is 0 Å². The molecular weight excluding hydrogens is 434 g/mol. The quantitative estimate of drug-likeness (QED) is 0.551. The van der Waals surface area contributed by atoms with Crippen molar-refractivity contribution in [3.63, 3.8) is 0 Å². The Labute approximate surface area is 199 Å². The number of aromatic nitrogens is 3. The first-order valence-corrected chi connectivity index (χ1v) is 12.1. The fraction of sp³-hybridized carbons (Fsp3) is 0.417. The third-order valence-corrected chi connectivity index (χ3v) is 6.56. The van der Waals surface area contributed by atoms with Crippen molar-refractivity contribution in [3.05, 3.63) is 47.2 Å². The number of thiazole rings is 1. The molecule has 3 heterocycles. The van der Waals surface area contributed by atoms with E-state index in [0.717, 1.165) is 53.1 Å². The fourth-order valence-corrected chi connectivity index (χ4v) is 4.82. The molecule has 33 heavy (non-hydrogen) atoms. The molecule has 0 aliphatic carbocycles. The highest BCUT2D eigenvalue weighted by Crippen LogP contribution is 2.29. The Kier molecular flexibility index (Phi) is 7.20. The van der Waals surface area contributed by atoms with Crippen LogP contribution in [0.2, 0.25) is 0 Å². The van der Waals surface area contributed by atoms with Gasteiger partial charge in [0.15, 0.2) is 0 Å². The molecule has 4 rings (SSSR count). The van der Waals surface area contributed by atoms with Crippen molar-refractivity contribution in [2.45, 2.75) is 33.7 Å². The third kappa shape index (κ3) is 6.06. The number of anilines is 3. The van der Waals surface area contributed by atoms with E-state index in [1.807, 2.05) is 33.8 Å². The van der Waals surface area contributed by atoms with Crippen LogP contribution >= 0.6 is 11.3 Å². The number of hydrogen-bond acceptors (Lipinski definition) is 8. The Morgan fingerprint density at radius 3 is 2.42 bits per heavy atom. The van der Waals surface area contributed by atoms with Crippen LogP contribution in [0.1, 0.15) is 24.5 Å². The number of amides is 1. The van der Waals surface area contributed by atoms with Gasteiger partial charge < -0.3 is 15.5 Å². The van der Waals surface area contributed by atoms with Crippen molar-refractivity contribution in [2.24, 2.45) is 0 Å². The van der Waals surface area contributed by atoms with Crippen LogP contribution in [0.15, 0.2) is 36.5 Å². The van der Waals surface area contributed by atoms with Gasteiger partial charge in [-0.2, -0.15) is 0 Å². The van der Waals surface area contributed by atoms with Crippen LogP contribution in [0, 0.1) is 13.8 Å². The highest BCUT2D eigenvalue weighted by Gasteiger charge is 2.19. The summed E-state index contributed by atoms with van der Waals surface area (Å²) >= 11 is 1.65. The SMILES string of the molecule is Cc1nc(C)c(-c2ccnc(Nc3ccc(N4CCN(CC(=O)NC(C)C)CC4)cc3)n2)s1. The van der Waals surface area contributed by atoms with Crippen LogP contribution in [0.4, 0.5) is 17.3 Å². The van der Waals surface area contributed by atoms with E-state index >= 15 is 0 Å². The maximum atomic E-state index is 12.0. The average molecular weight is 466 g/mol. The lowest BCUT2D eigenvalue weighted by Gasteiger charge is -2.35. The van der Waals surface area contributed by atoms with E-state index in [0.29, 0.717) is 12.5 Å². The van der Waals surface area contributed by atoms with Crippen molar-refractivity contribution in [1.29, 1.82) is 0 Å². The predicted molar refractivity (Wildman–Crippen MR) is 134 cm³/mol. The first kappa shape index (κ1) is 23.1. The molecule has 1 aliphatic heterocycles. The largest absolute Gasteiger partial charge is 0.369 e. The van der Waals surface area contributed by atoms with E-state index in [4.69, 9.17) is 0 Å². The van der Waals surface area contributed by atoms with Gasteiger partial charge in [0.2, 0.25) is 11.9 Å². The molecule has 2 aromatic heterocycles. The Morgan fingerprint density at radius 1 is 1.06 bits per heavy atom. The second kappa shape index (κ2) is 10.3. The molecule has 174 valence electrons. The van der Waals surface area contributed by atoms with Crippen LogP contribution in [0.25, 0.3) is 10.6 Å². The van der Waals surface area contributed by atoms with E-state index in [2.05, 4.69) is 59.7 Å². The smallest absolute Gasteiger partial charge is 0.234 e. The summed E-state index contributed by atoms with van der Waals surface area (Å²) in [6.07, 6.45) is 1.77. The summed E-state index contributed by atoms with van der Waals surface area (Å²) in [5.74, 6) is 0.666. The lowest BCUT2D eigenvalue weighted by Crippen LogP contribution is -2.50. The zero-order valence-corrected chi connectivity index (χ0v) is 20.4. The number of nitrogens with zero attached hydrogens (tertiary/aromatic N) is 5. The fourth-order valence-electron chi connectivity index (χ4n) is 3.93. The molecule has 0 unspecified atom stereocenters. The Balaban J connectivity index is 1.34. The summed E-state index contributed by atoms with van der Waals surface area (Å²) in [7, 11) is 0. The minimum atomic E-state index is 0.0980. The van der Waals surface area contributed by atoms with Gasteiger partial charge in [-0.1, -0.05) is 0 Å². The van der Waals surface area contributed by atoms with Crippen molar-refractivity contribution in [1.82, 2.24) is 25.2 Å². The maximum absolute atomic E-state index is 12.0. The van der Waals surface area contributed by atoms with Crippen LogP contribution in [0.5, 0.6) is 0 Å². The molecule has 0 saturated carbocycles. The number of carbonyl (C=O) groups excluding carboxylic acids is 1. The monoisotopic (exact) mass is 465 g/mol. The molecule has 9 heteroatoms. The molecule has 1 fully saturated rings. The van der Waals surface area contributed by atoms with Crippen LogP contribution in [0.3, 0.4) is 0 Å². The number of nitrogens with one attached hydrogen (secondary N) is 2. The lowest BCUT2D eigenvalue weighted by atomic mass is 10.2. The predicted octanol–water partition coefficient (Wildman–Crippen LogP) is 3.61. The number of carbonyl (C=O) groups is 1. The average Bonchev–Trinajstić information content (AvgIpc) is 3.12. The van der Waals surface area contributed by atoms with Gasteiger partial charge >= 0.3 is 0 Å². The molecule has 3 aromatic rings. The molecule has 8 nitrogen and oxygen atoms in total. The number of benzene rings is 1. The normalized spacial score (nSPS) is 14.5. The second-order valence-corrected chi connectivity index (χ2v) is 9.77. The van der Waals surface area contributed by atoms with Gasteiger partial charge in [0, 0.05) is 49.8 Å². The lowest BCUT2D eigenvalue weighted by molar-refractivity contribution is -0.122. The first-order valence-electron chi connectivity index (χ1n) is 11.3. The topological polar surface area (TPSA) is 86.3 Å². The highest BCUT2D eigenvalue weighted by molar-refractivity contribution is 7.15. The Bertz CT molecular complexity index is 1090. The van der Waals surface area contributed by atoms with Gasteiger partial charge in [0.25, 0.3) is 0 Å². The van der Waals surface area contributed by atoms with E-state index < -0.39 is 0 Å². The van der Waals surface area contributed by atoms with Crippen molar-refractivity contribution in [3.8, 4) is 10.6 Å². The van der Waals surface area contributed by atoms with Gasteiger partial charge in [-0.05, 0) is 58.0 Å². The molecule has 1 aliphatic rings. The van der Waals surface area contributed by atoms with Crippen molar-refractivity contribution < 1.29 is 4.79 Å².